The zero-order valence-corrected chi connectivity index (χ0v) is 20.3. The van der Waals surface area contributed by atoms with Crippen molar-refractivity contribution in [2.75, 3.05) is 31.8 Å². The fraction of sp³-hybridized carbons (Fsp3) is 0.208. The fourth-order valence-electron chi connectivity index (χ4n) is 2.94. The highest BCUT2D eigenvalue weighted by Crippen LogP contribution is 2.26. The highest BCUT2D eigenvalue weighted by atomic mass is 35.5. The number of anilines is 3. The molecule has 0 fully saturated rings. The molecule has 11 heteroatoms. The number of carbonyl (C=O) groups is 1. The van der Waals surface area contributed by atoms with Gasteiger partial charge in [-0.25, -0.2) is 4.98 Å². The Morgan fingerprint density at radius 2 is 1.91 bits per heavy atom. The third kappa shape index (κ3) is 6.98. The molecule has 0 radical (unpaired) electrons. The summed E-state index contributed by atoms with van der Waals surface area (Å²) in [5.74, 6) is 0.952. The molecule has 4 rings (SSSR count). The first-order chi connectivity index (χ1) is 16.8. The summed E-state index contributed by atoms with van der Waals surface area (Å²) in [6, 6.07) is 14.9. The van der Waals surface area contributed by atoms with E-state index in [0.29, 0.717) is 27.7 Å². The van der Waals surface area contributed by atoms with E-state index in [1.54, 1.807) is 39.2 Å². The van der Waals surface area contributed by atoms with Gasteiger partial charge in [-0.3, -0.25) is 4.79 Å². The van der Waals surface area contributed by atoms with Gasteiger partial charge in [0.05, 0.1) is 16.1 Å². The number of benzene rings is 2. The SMILES string of the molecule is Cc1nnc(-c2cnc(Nc3ccc(C(=O)N(C)C)c(Cl)c3)nc2N)o1.OCCc1ccccc1. The molecule has 1 amide bonds. The van der Waals surface area contributed by atoms with Crippen LogP contribution in [-0.4, -0.2) is 56.8 Å². The number of nitrogen functional groups attached to an aromatic ring is 1. The second-order valence-electron chi connectivity index (χ2n) is 7.60. The molecule has 0 aliphatic rings. The number of carbonyl (C=O) groups excluding carboxylic acids is 1. The second kappa shape index (κ2) is 11.9. The highest BCUT2D eigenvalue weighted by molar-refractivity contribution is 6.34. The maximum atomic E-state index is 12.0. The van der Waals surface area contributed by atoms with Crippen molar-refractivity contribution in [3.63, 3.8) is 0 Å². The Morgan fingerprint density at radius 3 is 2.49 bits per heavy atom. The van der Waals surface area contributed by atoms with Crippen LogP contribution >= 0.6 is 11.6 Å². The summed E-state index contributed by atoms with van der Waals surface area (Å²) < 4.78 is 5.32. The zero-order valence-electron chi connectivity index (χ0n) is 19.6. The van der Waals surface area contributed by atoms with Gasteiger partial charge < -0.3 is 25.5 Å². The van der Waals surface area contributed by atoms with Gasteiger partial charge in [-0.1, -0.05) is 41.9 Å². The molecule has 0 aliphatic heterocycles. The number of hydrogen-bond donors (Lipinski definition) is 3. The summed E-state index contributed by atoms with van der Waals surface area (Å²) in [5, 5.41) is 19.5. The number of rotatable bonds is 6. The Morgan fingerprint density at radius 1 is 1.17 bits per heavy atom. The molecule has 0 atom stereocenters. The monoisotopic (exact) mass is 495 g/mol. The van der Waals surface area contributed by atoms with E-state index in [1.165, 1.54) is 16.7 Å². The smallest absolute Gasteiger partial charge is 0.254 e. The minimum absolute atomic E-state index is 0.179. The Labute approximate surface area is 207 Å². The third-order valence-corrected chi connectivity index (χ3v) is 4.99. The molecule has 0 aliphatic carbocycles. The molecule has 35 heavy (non-hydrogen) atoms. The van der Waals surface area contributed by atoms with E-state index in [0.717, 1.165) is 6.42 Å². The van der Waals surface area contributed by atoms with Crippen molar-refractivity contribution >= 4 is 35.0 Å². The number of nitrogens with two attached hydrogens (primary N) is 1. The van der Waals surface area contributed by atoms with Crippen LogP contribution in [0.3, 0.4) is 0 Å². The van der Waals surface area contributed by atoms with E-state index in [9.17, 15) is 4.79 Å². The fourth-order valence-corrected chi connectivity index (χ4v) is 3.20. The first-order valence-electron chi connectivity index (χ1n) is 10.6. The number of aromatic nitrogens is 4. The molecular formula is C24H26ClN7O3. The number of amides is 1. The van der Waals surface area contributed by atoms with Crippen LogP contribution in [0.1, 0.15) is 21.8 Å². The number of hydrogen-bond acceptors (Lipinski definition) is 9. The number of nitrogens with zero attached hydrogens (tertiary/aromatic N) is 5. The largest absolute Gasteiger partial charge is 0.421 e. The molecule has 4 N–H and O–H groups in total. The van der Waals surface area contributed by atoms with Crippen molar-refractivity contribution in [3.05, 3.63) is 76.8 Å². The maximum Gasteiger partial charge on any atom is 0.254 e. The van der Waals surface area contributed by atoms with Crippen LogP contribution in [0.2, 0.25) is 5.02 Å². The van der Waals surface area contributed by atoms with Crippen molar-refractivity contribution in [3.8, 4) is 11.5 Å². The molecule has 4 aromatic rings. The van der Waals surface area contributed by atoms with Crippen molar-refractivity contribution in [2.24, 2.45) is 0 Å². The second-order valence-corrected chi connectivity index (χ2v) is 8.00. The van der Waals surface area contributed by atoms with Gasteiger partial charge in [0.1, 0.15) is 5.82 Å². The molecule has 0 spiro atoms. The summed E-state index contributed by atoms with van der Waals surface area (Å²) >= 11 is 6.19. The third-order valence-electron chi connectivity index (χ3n) is 4.68. The van der Waals surface area contributed by atoms with Gasteiger partial charge in [-0.05, 0) is 30.2 Å². The van der Waals surface area contributed by atoms with Crippen LogP contribution in [0.25, 0.3) is 11.5 Å². The molecule has 2 aromatic heterocycles. The van der Waals surface area contributed by atoms with Gasteiger partial charge in [0.25, 0.3) is 11.8 Å². The molecular weight excluding hydrogens is 470 g/mol. The summed E-state index contributed by atoms with van der Waals surface area (Å²) in [4.78, 5) is 21.8. The summed E-state index contributed by atoms with van der Waals surface area (Å²) in [5.41, 5.74) is 8.61. The molecule has 10 nitrogen and oxygen atoms in total. The molecule has 0 bridgehead atoms. The molecule has 0 saturated carbocycles. The van der Waals surface area contributed by atoms with E-state index in [4.69, 9.17) is 26.9 Å². The Hall–Kier alpha value is -4.02. The summed E-state index contributed by atoms with van der Waals surface area (Å²) in [7, 11) is 3.32. The predicted octanol–water partition coefficient (Wildman–Crippen LogP) is 3.74. The number of aryl methyl sites for hydroxylation is 1. The van der Waals surface area contributed by atoms with Crippen LogP contribution < -0.4 is 11.1 Å². The lowest BCUT2D eigenvalue weighted by Crippen LogP contribution is -2.21. The number of nitrogens with one attached hydrogen (secondary N) is 1. The highest BCUT2D eigenvalue weighted by Gasteiger charge is 2.15. The number of halogens is 1. The van der Waals surface area contributed by atoms with Crippen molar-refractivity contribution in [1.82, 2.24) is 25.1 Å². The van der Waals surface area contributed by atoms with Crippen LogP contribution in [0.5, 0.6) is 0 Å². The lowest BCUT2D eigenvalue weighted by atomic mass is 10.2. The lowest BCUT2D eigenvalue weighted by Gasteiger charge is -2.13. The Balaban J connectivity index is 0.000000320. The Bertz CT molecular complexity index is 1280. The van der Waals surface area contributed by atoms with E-state index < -0.39 is 0 Å². The summed E-state index contributed by atoms with van der Waals surface area (Å²) in [6.07, 6.45) is 2.25. The molecule has 2 heterocycles. The standard InChI is InChI=1S/C16H16ClN7O2.C8H10O/c1-8-22-23-14(26-8)11-7-19-16(21-13(11)18)20-9-4-5-10(12(17)6-9)15(25)24(2)3;9-7-6-8-4-2-1-3-5-8/h4-7H,1-3H3,(H3,18,19,20,21);1-5,9H,6-7H2. The van der Waals surface area contributed by atoms with Crippen LogP contribution in [-0.2, 0) is 6.42 Å². The normalized spacial score (nSPS) is 10.3. The minimum atomic E-state index is -0.179. The zero-order chi connectivity index (χ0) is 25.4. The molecule has 2 aromatic carbocycles. The predicted molar refractivity (Wildman–Crippen MR) is 134 cm³/mol. The van der Waals surface area contributed by atoms with Gasteiger partial charge in [-0.2, -0.15) is 4.98 Å². The maximum absolute atomic E-state index is 12.0. The molecule has 0 unspecified atom stereocenters. The van der Waals surface area contributed by atoms with Crippen molar-refractivity contribution in [1.29, 1.82) is 0 Å². The van der Waals surface area contributed by atoms with Crippen LogP contribution in [0, 0.1) is 6.92 Å². The van der Waals surface area contributed by atoms with E-state index in [2.05, 4.69) is 25.5 Å². The Kier molecular flexibility index (Phi) is 8.71. The van der Waals surface area contributed by atoms with Crippen molar-refractivity contribution in [2.45, 2.75) is 13.3 Å². The topological polar surface area (TPSA) is 143 Å². The minimum Gasteiger partial charge on any atom is -0.421 e. The first-order valence-corrected chi connectivity index (χ1v) is 11.0. The number of aliphatic hydroxyl groups is 1. The van der Waals surface area contributed by atoms with Gasteiger partial charge >= 0.3 is 0 Å². The molecule has 0 saturated heterocycles. The van der Waals surface area contributed by atoms with Gasteiger partial charge in [0.2, 0.25) is 11.8 Å². The average molecular weight is 496 g/mol. The van der Waals surface area contributed by atoms with Gasteiger partial charge in [-0.15, -0.1) is 10.2 Å². The van der Waals surface area contributed by atoms with E-state index in [1.807, 2.05) is 30.3 Å². The van der Waals surface area contributed by atoms with Crippen LogP contribution in [0.15, 0.2) is 59.1 Å². The van der Waals surface area contributed by atoms with Crippen LogP contribution in [0.4, 0.5) is 17.5 Å². The first kappa shape index (κ1) is 25.6. The average Bonchev–Trinajstić information content (AvgIpc) is 3.26. The summed E-state index contributed by atoms with van der Waals surface area (Å²) in [6.45, 7) is 1.92. The van der Waals surface area contributed by atoms with E-state index in [-0.39, 0.29) is 30.2 Å². The molecule has 182 valence electrons. The van der Waals surface area contributed by atoms with Gasteiger partial charge in [0, 0.05) is 39.5 Å². The van der Waals surface area contributed by atoms with E-state index >= 15 is 0 Å². The van der Waals surface area contributed by atoms with Crippen molar-refractivity contribution < 1.29 is 14.3 Å². The number of aliphatic hydroxyl groups excluding tert-OH is 1. The van der Waals surface area contributed by atoms with Gasteiger partial charge in [0.15, 0.2) is 0 Å². The lowest BCUT2D eigenvalue weighted by molar-refractivity contribution is 0.0828. The quantitative estimate of drug-likeness (QED) is 0.364.